The van der Waals surface area contributed by atoms with E-state index in [1.165, 1.54) is 35.2 Å². The largest absolute Gasteiger partial charge is 0.372 e. The van der Waals surface area contributed by atoms with E-state index in [1.54, 1.807) is 0 Å². The molecule has 1 saturated heterocycles. The summed E-state index contributed by atoms with van der Waals surface area (Å²) < 4.78 is 0. The van der Waals surface area contributed by atoms with Crippen molar-refractivity contribution < 1.29 is 4.79 Å². The molecule has 0 aliphatic carbocycles. The summed E-state index contributed by atoms with van der Waals surface area (Å²) in [5.74, 6) is 1.02. The van der Waals surface area contributed by atoms with Crippen molar-refractivity contribution in [3.05, 3.63) is 65.2 Å². The molecule has 0 aromatic heterocycles. The number of fused-ring (bicyclic) bond motifs is 1. The molecular formula is C27H38IN5O. The number of carbonyl (C=O) groups is 1. The van der Waals surface area contributed by atoms with E-state index in [0.717, 1.165) is 45.1 Å². The molecule has 2 heterocycles. The minimum absolute atomic E-state index is 0. The van der Waals surface area contributed by atoms with Gasteiger partial charge in [-0.05, 0) is 61.9 Å². The highest BCUT2D eigenvalue weighted by Crippen LogP contribution is 2.24. The van der Waals surface area contributed by atoms with Crippen LogP contribution in [0.4, 0.5) is 5.69 Å². The van der Waals surface area contributed by atoms with E-state index >= 15 is 0 Å². The standard InChI is InChI=1S/C27H37N5O.HI/c1-3-28-27(30-21(2)22-12-8-13-25(18-22)31-16-6-7-17-31)29-15-9-14-26(33)32-19-23-10-4-5-11-24(23)20-32;/h4-5,8,10-13,18,21H,3,6-7,9,14-17,19-20H2,1-2H3,(H2,28,29,30);1H. The molecule has 34 heavy (non-hydrogen) atoms. The van der Waals surface area contributed by atoms with Crippen molar-refractivity contribution in [2.24, 2.45) is 4.99 Å². The van der Waals surface area contributed by atoms with Crippen molar-refractivity contribution in [1.82, 2.24) is 15.5 Å². The second-order valence-corrected chi connectivity index (χ2v) is 9.04. The number of hydrogen-bond donors (Lipinski definition) is 2. The van der Waals surface area contributed by atoms with Gasteiger partial charge >= 0.3 is 0 Å². The molecule has 6 nitrogen and oxygen atoms in total. The van der Waals surface area contributed by atoms with Crippen LogP contribution in [0.5, 0.6) is 0 Å². The number of rotatable bonds is 8. The highest BCUT2D eigenvalue weighted by atomic mass is 127. The Morgan fingerprint density at radius 2 is 1.76 bits per heavy atom. The van der Waals surface area contributed by atoms with Crippen LogP contribution in [0.15, 0.2) is 53.5 Å². The molecule has 2 aromatic carbocycles. The number of anilines is 1. The Balaban J connectivity index is 0.00000324. The first-order valence-corrected chi connectivity index (χ1v) is 12.4. The Morgan fingerprint density at radius 1 is 1.06 bits per heavy atom. The summed E-state index contributed by atoms with van der Waals surface area (Å²) in [6.45, 7) is 9.44. The van der Waals surface area contributed by atoms with Gasteiger partial charge in [-0.3, -0.25) is 9.79 Å². The van der Waals surface area contributed by atoms with Gasteiger partial charge in [-0.2, -0.15) is 0 Å². The summed E-state index contributed by atoms with van der Waals surface area (Å²) in [6.07, 6.45) is 3.84. The number of nitrogens with one attached hydrogen (secondary N) is 2. The van der Waals surface area contributed by atoms with Crippen LogP contribution in [-0.4, -0.2) is 42.9 Å². The molecule has 4 rings (SSSR count). The number of nitrogens with zero attached hydrogens (tertiary/aromatic N) is 3. The van der Waals surface area contributed by atoms with Crippen LogP contribution >= 0.6 is 24.0 Å². The van der Waals surface area contributed by atoms with E-state index < -0.39 is 0 Å². The quantitative estimate of drug-likeness (QED) is 0.205. The second-order valence-electron chi connectivity index (χ2n) is 9.04. The molecule has 2 N–H and O–H groups in total. The molecule has 0 radical (unpaired) electrons. The van der Waals surface area contributed by atoms with E-state index in [4.69, 9.17) is 4.99 Å². The van der Waals surface area contributed by atoms with E-state index in [0.29, 0.717) is 13.0 Å². The smallest absolute Gasteiger partial charge is 0.223 e. The first-order chi connectivity index (χ1) is 16.1. The topological polar surface area (TPSA) is 60.0 Å². The number of halogens is 1. The van der Waals surface area contributed by atoms with E-state index in [9.17, 15) is 4.79 Å². The fourth-order valence-electron chi connectivity index (χ4n) is 4.66. The first-order valence-electron chi connectivity index (χ1n) is 12.4. The molecule has 1 fully saturated rings. The molecule has 1 atom stereocenters. The Bertz CT molecular complexity index is 948. The maximum atomic E-state index is 12.6. The van der Waals surface area contributed by atoms with Gasteiger partial charge in [0.25, 0.3) is 0 Å². The van der Waals surface area contributed by atoms with Gasteiger partial charge in [0, 0.05) is 51.4 Å². The average Bonchev–Trinajstić information content (AvgIpc) is 3.52. The maximum Gasteiger partial charge on any atom is 0.223 e. The van der Waals surface area contributed by atoms with Gasteiger partial charge in [-0.15, -0.1) is 24.0 Å². The Labute approximate surface area is 221 Å². The second kappa shape index (κ2) is 13.0. The molecule has 0 bridgehead atoms. The fraction of sp³-hybridized carbons (Fsp3) is 0.481. The molecule has 0 saturated carbocycles. The first kappa shape index (κ1) is 26.3. The van der Waals surface area contributed by atoms with Crippen molar-refractivity contribution in [2.45, 2.75) is 58.7 Å². The van der Waals surface area contributed by atoms with Crippen LogP contribution in [0.25, 0.3) is 0 Å². The van der Waals surface area contributed by atoms with E-state index in [2.05, 4.69) is 65.8 Å². The lowest BCUT2D eigenvalue weighted by molar-refractivity contribution is -0.131. The molecule has 0 spiro atoms. The zero-order valence-corrected chi connectivity index (χ0v) is 22.8. The van der Waals surface area contributed by atoms with Gasteiger partial charge in [0.05, 0.1) is 6.04 Å². The van der Waals surface area contributed by atoms with Crippen LogP contribution in [0, 0.1) is 0 Å². The molecule has 2 aliphatic heterocycles. The monoisotopic (exact) mass is 575 g/mol. The van der Waals surface area contributed by atoms with Crippen molar-refractivity contribution in [2.75, 3.05) is 31.1 Å². The number of carbonyl (C=O) groups excluding carboxylic acids is 1. The normalized spacial score (nSPS) is 16.1. The maximum absolute atomic E-state index is 12.6. The highest BCUT2D eigenvalue weighted by molar-refractivity contribution is 14.0. The highest BCUT2D eigenvalue weighted by Gasteiger charge is 2.22. The van der Waals surface area contributed by atoms with E-state index in [1.807, 2.05) is 17.0 Å². The van der Waals surface area contributed by atoms with Crippen LogP contribution in [0.2, 0.25) is 0 Å². The fourth-order valence-corrected chi connectivity index (χ4v) is 4.66. The Hall–Kier alpha value is -2.29. The number of hydrogen-bond acceptors (Lipinski definition) is 3. The van der Waals surface area contributed by atoms with Gasteiger partial charge in [-0.25, -0.2) is 0 Å². The van der Waals surface area contributed by atoms with Crippen molar-refractivity contribution in [1.29, 1.82) is 0 Å². The Kier molecular flexibility index (Phi) is 10.0. The lowest BCUT2D eigenvalue weighted by Crippen LogP contribution is -2.39. The van der Waals surface area contributed by atoms with Gasteiger partial charge in [0.1, 0.15) is 0 Å². The molecule has 184 valence electrons. The van der Waals surface area contributed by atoms with E-state index in [-0.39, 0.29) is 35.9 Å². The third-order valence-corrected chi connectivity index (χ3v) is 6.55. The summed E-state index contributed by atoms with van der Waals surface area (Å²) in [5, 5.41) is 6.87. The molecule has 2 aliphatic rings. The summed E-state index contributed by atoms with van der Waals surface area (Å²) in [4.78, 5) is 21.8. The number of aliphatic imine (C=N–C) groups is 1. The van der Waals surface area contributed by atoms with Crippen molar-refractivity contribution >= 4 is 41.5 Å². The summed E-state index contributed by atoms with van der Waals surface area (Å²) in [6, 6.07) is 17.3. The minimum Gasteiger partial charge on any atom is -0.372 e. The molecule has 1 unspecified atom stereocenters. The molecule has 7 heteroatoms. The van der Waals surface area contributed by atoms with Crippen LogP contribution in [-0.2, 0) is 17.9 Å². The van der Waals surface area contributed by atoms with Crippen LogP contribution in [0.3, 0.4) is 0 Å². The van der Waals surface area contributed by atoms with Crippen LogP contribution in [0.1, 0.15) is 62.3 Å². The van der Waals surface area contributed by atoms with Crippen molar-refractivity contribution in [3.63, 3.8) is 0 Å². The lowest BCUT2D eigenvalue weighted by Gasteiger charge is -2.22. The average molecular weight is 576 g/mol. The minimum atomic E-state index is 0. The number of amides is 1. The van der Waals surface area contributed by atoms with Gasteiger partial charge in [0.2, 0.25) is 5.91 Å². The zero-order valence-electron chi connectivity index (χ0n) is 20.4. The lowest BCUT2D eigenvalue weighted by atomic mass is 10.1. The molecule has 2 aromatic rings. The SMILES string of the molecule is CCNC(=NCCCC(=O)N1Cc2ccccc2C1)NC(C)c1cccc(N2CCCC2)c1.I. The zero-order chi connectivity index (χ0) is 23.0. The third kappa shape index (κ3) is 6.87. The van der Waals surface area contributed by atoms with Gasteiger partial charge in [-0.1, -0.05) is 36.4 Å². The molecule has 1 amide bonds. The predicted molar refractivity (Wildman–Crippen MR) is 151 cm³/mol. The van der Waals surface area contributed by atoms with Crippen molar-refractivity contribution in [3.8, 4) is 0 Å². The Morgan fingerprint density at radius 3 is 2.44 bits per heavy atom. The summed E-state index contributed by atoms with van der Waals surface area (Å²) >= 11 is 0. The summed E-state index contributed by atoms with van der Waals surface area (Å²) in [7, 11) is 0. The third-order valence-electron chi connectivity index (χ3n) is 6.55. The summed E-state index contributed by atoms with van der Waals surface area (Å²) in [5.41, 5.74) is 5.10. The molecular weight excluding hydrogens is 537 g/mol. The predicted octanol–water partition coefficient (Wildman–Crippen LogP) is 4.84. The van der Waals surface area contributed by atoms with Gasteiger partial charge in [0.15, 0.2) is 5.96 Å². The number of benzene rings is 2. The number of guanidine groups is 1. The van der Waals surface area contributed by atoms with Crippen LogP contribution < -0.4 is 15.5 Å². The van der Waals surface area contributed by atoms with Gasteiger partial charge < -0.3 is 20.4 Å².